The maximum absolute atomic E-state index is 9.96. The van der Waals surface area contributed by atoms with Crippen LogP contribution in [0.15, 0.2) is 36.5 Å². The van der Waals surface area contributed by atoms with Crippen molar-refractivity contribution in [3.8, 4) is 5.75 Å². The van der Waals surface area contributed by atoms with Gasteiger partial charge >= 0.3 is 0 Å². The van der Waals surface area contributed by atoms with Gasteiger partial charge in [-0.15, -0.1) is 0 Å². The summed E-state index contributed by atoms with van der Waals surface area (Å²) in [5.74, 6) is 0.770. The van der Waals surface area contributed by atoms with Gasteiger partial charge in [0.1, 0.15) is 18.5 Å². The van der Waals surface area contributed by atoms with Gasteiger partial charge in [-0.2, -0.15) is 5.10 Å². The van der Waals surface area contributed by atoms with Crippen molar-refractivity contribution in [1.29, 1.82) is 0 Å². The predicted molar refractivity (Wildman–Crippen MR) is 86.9 cm³/mol. The molecule has 0 aliphatic heterocycles. The molecule has 0 spiro atoms. The molecule has 0 aliphatic rings. The zero-order valence-electron chi connectivity index (χ0n) is 13.5. The van der Waals surface area contributed by atoms with Gasteiger partial charge in [-0.3, -0.25) is 5.10 Å². The van der Waals surface area contributed by atoms with Gasteiger partial charge in [0.05, 0.1) is 6.20 Å². The molecule has 0 saturated heterocycles. The second kappa shape index (κ2) is 7.42. The number of hydrogen-bond donors (Lipinski definition) is 3. The summed E-state index contributed by atoms with van der Waals surface area (Å²) in [4.78, 5) is 0. The highest BCUT2D eigenvalue weighted by atomic mass is 16.5. The van der Waals surface area contributed by atoms with E-state index in [1.165, 1.54) is 0 Å². The molecule has 0 radical (unpaired) electrons. The minimum absolute atomic E-state index is 0.0303. The molecular weight excluding hydrogens is 278 g/mol. The van der Waals surface area contributed by atoms with Crippen molar-refractivity contribution in [3.05, 3.63) is 47.8 Å². The van der Waals surface area contributed by atoms with Gasteiger partial charge in [-0.1, -0.05) is 39.0 Å². The summed E-state index contributed by atoms with van der Waals surface area (Å²) in [7, 11) is 0. The van der Waals surface area contributed by atoms with Gasteiger partial charge in [0, 0.05) is 29.8 Å². The number of rotatable bonds is 7. The summed E-state index contributed by atoms with van der Waals surface area (Å²) in [6.07, 6.45) is 1.28. The van der Waals surface area contributed by atoms with Crippen LogP contribution in [-0.4, -0.2) is 34.6 Å². The van der Waals surface area contributed by atoms with Crippen LogP contribution in [0, 0.1) is 0 Å². The van der Waals surface area contributed by atoms with Gasteiger partial charge < -0.3 is 15.2 Å². The SMILES string of the molecule is CC(C)(C)c1[nH]ncc1CNCC(O)COc1ccccc1. The molecule has 5 heteroatoms. The number of aliphatic hydroxyl groups is 1. The minimum atomic E-state index is -0.551. The second-order valence-corrected chi connectivity index (χ2v) is 6.43. The van der Waals surface area contributed by atoms with Crippen LogP contribution in [0.2, 0.25) is 0 Å². The molecule has 2 rings (SSSR count). The Morgan fingerprint density at radius 3 is 2.68 bits per heavy atom. The van der Waals surface area contributed by atoms with E-state index in [4.69, 9.17) is 4.74 Å². The molecule has 1 heterocycles. The average Bonchev–Trinajstić information content (AvgIpc) is 2.95. The highest BCUT2D eigenvalue weighted by Gasteiger charge is 2.19. The van der Waals surface area contributed by atoms with Crippen molar-refractivity contribution in [2.75, 3.05) is 13.2 Å². The molecule has 0 amide bonds. The monoisotopic (exact) mass is 303 g/mol. The molecule has 120 valence electrons. The number of hydrogen-bond acceptors (Lipinski definition) is 4. The Morgan fingerprint density at radius 1 is 1.27 bits per heavy atom. The van der Waals surface area contributed by atoms with E-state index in [1.54, 1.807) is 0 Å². The molecule has 5 nitrogen and oxygen atoms in total. The first-order valence-electron chi connectivity index (χ1n) is 7.56. The van der Waals surface area contributed by atoms with Gasteiger partial charge in [0.15, 0.2) is 0 Å². The zero-order chi connectivity index (χ0) is 16.0. The molecule has 1 unspecified atom stereocenters. The van der Waals surface area contributed by atoms with Crippen LogP contribution < -0.4 is 10.1 Å². The van der Waals surface area contributed by atoms with Crippen molar-refractivity contribution < 1.29 is 9.84 Å². The molecule has 0 aliphatic carbocycles. The van der Waals surface area contributed by atoms with E-state index >= 15 is 0 Å². The smallest absolute Gasteiger partial charge is 0.119 e. The maximum Gasteiger partial charge on any atom is 0.119 e. The van der Waals surface area contributed by atoms with Crippen LogP contribution >= 0.6 is 0 Å². The summed E-state index contributed by atoms with van der Waals surface area (Å²) >= 11 is 0. The van der Waals surface area contributed by atoms with Crippen molar-refractivity contribution >= 4 is 0 Å². The van der Waals surface area contributed by atoms with Crippen LogP contribution in [0.1, 0.15) is 32.0 Å². The Balaban J connectivity index is 1.73. The largest absolute Gasteiger partial charge is 0.491 e. The lowest BCUT2D eigenvalue weighted by atomic mass is 9.89. The van der Waals surface area contributed by atoms with Crippen molar-refractivity contribution in [1.82, 2.24) is 15.5 Å². The van der Waals surface area contributed by atoms with Crippen LogP contribution in [0.25, 0.3) is 0 Å². The number of aliphatic hydroxyl groups excluding tert-OH is 1. The topological polar surface area (TPSA) is 70.2 Å². The lowest BCUT2D eigenvalue weighted by molar-refractivity contribution is 0.106. The molecule has 1 atom stereocenters. The van der Waals surface area contributed by atoms with Gasteiger partial charge in [0.25, 0.3) is 0 Å². The highest BCUT2D eigenvalue weighted by Crippen LogP contribution is 2.23. The van der Waals surface area contributed by atoms with Gasteiger partial charge in [0.2, 0.25) is 0 Å². The molecular formula is C17H25N3O2. The number of aromatic amines is 1. The number of H-pyrrole nitrogens is 1. The Bertz CT molecular complexity index is 561. The first-order chi connectivity index (χ1) is 10.5. The second-order valence-electron chi connectivity index (χ2n) is 6.43. The Hall–Kier alpha value is -1.85. The summed E-state index contributed by atoms with van der Waals surface area (Å²) < 4.78 is 5.53. The van der Waals surface area contributed by atoms with E-state index in [0.717, 1.165) is 17.0 Å². The first kappa shape index (κ1) is 16.5. The molecule has 0 saturated carbocycles. The van der Waals surface area contributed by atoms with Crippen LogP contribution in [0.4, 0.5) is 0 Å². The summed E-state index contributed by atoms with van der Waals surface area (Å²) in [5, 5.41) is 20.4. The molecule has 0 fully saturated rings. The Labute approximate surface area is 131 Å². The third kappa shape index (κ3) is 4.86. The third-order valence-corrected chi connectivity index (χ3v) is 3.35. The Kier molecular flexibility index (Phi) is 5.57. The lowest BCUT2D eigenvalue weighted by Gasteiger charge is -2.19. The molecule has 0 bridgehead atoms. The molecule has 1 aromatic carbocycles. The number of para-hydroxylation sites is 1. The fourth-order valence-electron chi connectivity index (χ4n) is 2.24. The molecule has 1 aromatic heterocycles. The van der Waals surface area contributed by atoms with E-state index in [-0.39, 0.29) is 12.0 Å². The van der Waals surface area contributed by atoms with Gasteiger partial charge in [-0.25, -0.2) is 0 Å². The number of benzene rings is 1. The normalized spacial score (nSPS) is 13.1. The number of ether oxygens (including phenoxy) is 1. The van der Waals surface area contributed by atoms with E-state index in [1.807, 2.05) is 36.5 Å². The van der Waals surface area contributed by atoms with E-state index in [0.29, 0.717) is 13.1 Å². The summed E-state index contributed by atoms with van der Waals surface area (Å²) in [6, 6.07) is 9.50. The predicted octanol–water partition coefficient (Wildman–Crippen LogP) is 2.24. The molecule has 3 N–H and O–H groups in total. The van der Waals surface area contributed by atoms with E-state index < -0.39 is 6.10 Å². The summed E-state index contributed by atoms with van der Waals surface area (Å²) in [5.41, 5.74) is 2.28. The van der Waals surface area contributed by atoms with E-state index in [2.05, 4.69) is 36.3 Å². The van der Waals surface area contributed by atoms with Crippen molar-refractivity contribution in [3.63, 3.8) is 0 Å². The summed E-state index contributed by atoms with van der Waals surface area (Å²) in [6.45, 7) is 7.85. The first-order valence-corrected chi connectivity index (χ1v) is 7.56. The van der Waals surface area contributed by atoms with Crippen molar-refractivity contribution in [2.24, 2.45) is 0 Å². The Morgan fingerprint density at radius 2 is 2.00 bits per heavy atom. The highest BCUT2D eigenvalue weighted by molar-refractivity contribution is 5.23. The molecule has 2 aromatic rings. The average molecular weight is 303 g/mol. The number of aromatic nitrogens is 2. The third-order valence-electron chi connectivity index (χ3n) is 3.35. The maximum atomic E-state index is 9.96. The fraction of sp³-hybridized carbons (Fsp3) is 0.471. The molecule has 22 heavy (non-hydrogen) atoms. The van der Waals surface area contributed by atoms with Gasteiger partial charge in [-0.05, 0) is 12.1 Å². The fourth-order valence-corrected chi connectivity index (χ4v) is 2.24. The number of nitrogens with zero attached hydrogens (tertiary/aromatic N) is 1. The van der Waals surface area contributed by atoms with Crippen molar-refractivity contribution in [2.45, 2.75) is 38.8 Å². The standard InChI is InChI=1S/C17H25N3O2/c1-17(2,3)16-13(10-19-20-16)9-18-11-14(21)12-22-15-7-5-4-6-8-15/h4-8,10,14,18,21H,9,11-12H2,1-3H3,(H,19,20). The van der Waals surface area contributed by atoms with Crippen LogP contribution in [0.3, 0.4) is 0 Å². The quantitative estimate of drug-likeness (QED) is 0.733. The van der Waals surface area contributed by atoms with Crippen LogP contribution in [-0.2, 0) is 12.0 Å². The van der Waals surface area contributed by atoms with Crippen LogP contribution in [0.5, 0.6) is 5.75 Å². The number of nitrogens with one attached hydrogen (secondary N) is 2. The minimum Gasteiger partial charge on any atom is -0.491 e. The van der Waals surface area contributed by atoms with E-state index in [9.17, 15) is 5.11 Å². The zero-order valence-corrected chi connectivity index (χ0v) is 13.5. The lowest BCUT2D eigenvalue weighted by Crippen LogP contribution is -2.31.